The second kappa shape index (κ2) is 5.39. The molecule has 3 heteroatoms. The first-order valence-corrected chi connectivity index (χ1v) is 5.10. The lowest BCUT2D eigenvalue weighted by atomic mass is 9.91. The van der Waals surface area contributed by atoms with Gasteiger partial charge in [-0.15, -0.1) is 0 Å². The molecule has 15 heavy (non-hydrogen) atoms. The van der Waals surface area contributed by atoms with Gasteiger partial charge in [-0.05, 0) is 42.9 Å². The number of phenolic OH excluding ortho intramolecular Hbond substituents is 1. The van der Waals surface area contributed by atoms with Gasteiger partial charge in [-0.25, -0.2) is 0 Å². The van der Waals surface area contributed by atoms with Gasteiger partial charge < -0.3 is 10.2 Å². The number of phenols is 1. The van der Waals surface area contributed by atoms with E-state index in [0.29, 0.717) is 5.75 Å². The first kappa shape index (κ1) is 11.6. The van der Waals surface area contributed by atoms with E-state index >= 15 is 0 Å². The molecule has 0 spiro atoms. The Morgan fingerprint density at radius 1 is 1.27 bits per heavy atom. The predicted molar refractivity (Wildman–Crippen MR) is 58.1 cm³/mol. The van der Waals surface area contributed by atoms with Crippen molar-refractivity contribution in [3.05, 3.63) is 29.3 Å². The van der Waals surface area contributed by atoms with E-state index in [1.165, 1.54) is 24.0 Å². The minimum absolute atomic E-state index is 0.488. The summed E-state index contributed by atoms with van der Waals surface area (Å²) in [4.78, 5) is 9.00. The Labute approximate surface area is 89.4 Å². The van der Waals surface area contributed by atoms with E-state index in [9.17, 15) is 5.11 Å². The third-order valence-corrected chi connectivity index (χ3v) is 2.37. The lowest BCUT2D eigenvalue weighted by Crippen LogP contribution is -2.01. The number of aromatic hydroxyl groups is 1. The first-order valence-electron chi connectivity index (χ1n) is 5.10. The summed E-state index contributed by atoms with van der Waals surface area (Å²) in [6.07, 6.45) is 4.70. The van der Waals surface area contributed by atoms with E-state index in [1.807, 2.05) is 6.07 Å². The third kappa shape index (κ3) is 3.62. The van der Waals surface area contributed by atoms with Gasteiger partial charge in [0.05, 0.1) is 0 Å². The van der Waals surface area contributed by atoms with E-state index < -0.39 is 5.97 Å². The van der Waals surface area contributed by atoms with Crippen molar-refractivity contribution in [3.8, 4) is 5.75 Å². The fraction of sp³-hybridized carbons (Fsp3) is 0.417. The number of hydrogen-bond acceptors (Lipinski definition) is 2. The Morgan fingerprint density at radius 3 is 2.47 bits per heavy atom. The predicted octanol–water partition coefficient (Wildman–Crippen LogP) is 2.36. The molecule has 0 radical (unpaired) electrons. The molecule has 2 N–H and O–H groups in total. The monoisotopic (exact) mass is 208 g/mol. The lowest BCUT2D eigenvalue weighted by Gasteiger charge is -2.15. The van der Waals surface area contributed by atoms with Crippen LogP contribution in [0.5, 0.6) is 5.75 Å². The second-order valence-electron chi connectivity index (χ2n) is 3.64. The highest BCUT2D eigenvalue weighted by Gasteiger charge is 2.11. The summed E-state index contributed by atoms with van der Waals surface area (Å²) in [5, 5.41) is 16.9. The van der Waals surface area contributed by atoms with Crippen LogP contribution in [0.1, 0.15) is 30.9 Å². The van der Waals surface area contributed by atoms with Crippen LogP contribution >= 0.6 is 0 Å². The Bertz CT molecular complexity index is 341. The molecule has 0 heterocycles. The quantitative estimate of drug-likeness (QED) is 0.688. The number of carboxylic acid groups (broad SMARTS) is 1. The maximum atomic E-state index is 9.46. The average molecular weight is 208 g/mol. The maximum absolute atomic E-state index is 9.46. The largest absolute Gasteiger partial charge is 0.508 e. The molecule has 2 rings (SSSR count). The van der Waals surface area contributed by atoms with Crippen LogP contribution in [0.15, 0.2) is 18.2 Å². The first-order chi connectivity index (χ1) is 7.11. The van der Waals surface area contributed by atoms with Crippen LogP contribution in [0, 0.1) is 0 Å². The zero-order valence-electron chi connectivity index (χ0n) is 8.86. The summed E-state index contributed by atoms with van der Waals surface area (Å²) in [5.41, 5.74) is 2.52. The van der Waals surface area contributed by atoms with Gasteiger partial charge in [0.25, 0.3) is 5.97 Å². The molecule has 0 amide bonds. The molecule has 0 saturated heterocycles. The molecule has 1 aliphatic carbocycles. The SMILES string of the molecule is CC(=O)O.Oc1cccc2c1CCCC2. The fourth-order valence-electron chi connectivity index (χ4n) is 1.76. The zero-order chi connectivity index (χ0) is 11.3. The van der Waals surface area contributed by atoms with Gasteiger partial charge in [0.2, 0.25) is 0 Å². The van der Waals surface area contributed by atoms with Crippen molar-refractivity contribution in [2.75, 3.05) is 0 Å². The summed E-state index contributed by atoms with van der Waals surface area (Å²) in [6.45, 7) is 1.08. The fourth-order valence-corrected chi connectivity index (χ4v) is 1.76. The van der Waals surface area contributed by atoms with Gasteiger partial charge in [0.15, 0.2) is 0 Å². The summed E-state index contributed by atoms with van der Waals surface area (Å²) < 4.78 is 0. The van der Waals surface area contributed by atoms with Gasteiger partial charge in [-0.3, -0.25) is 4.79 Å². The minimum atomic E-state index is -0.833. The Kier molecular flexibility index (Phi) is 4.16. The molecule has 0 fully saturated rings. The van der Waals surface area contributed by atoms with Crippen LogP contribution in [0.4, 0.5) is 0 Å². The van der Waals surface area contributed by atoms with Crippen molar-refractivity contribution < 1.29 is 15.0 Å². The van der Waals surface area contributed by atoms with E-state index in [2.05, 4.69) is 6.07 Å². The summed E-state index contributed by atoms with van der Waals surface area (Å²) in [6, 6.07) is 5.83. The molecule has 0 atom stereocenters. The summed E-state index contributed by atoms with van der Waals surface area (Å²) >= 11 is 0. The molecule has 1 aromatic rings. The molecule has 1 aromatic carbocycles. The molecule has 0 bridgehead atoms. The maximum Gasteiger partial charge on any atom is 0.300 e. The van der Waals surface area contributed by atoms with Crippen molar-refractivity contribution in [1.29, 1.82) is 0 Å². The molecule has 0 aromatic heterocycles. The number of fused-ring (bicyclic) bond motifs is 1. The van der Waals surface area contributed by atoms with Gasteiger partial charge in [-0.1, -0.05) is 12.1 Å². The summed E-state index contributed by atoms with van der Waals surface area (Å²) in [7, 11) is 0. The van der Waals surface area contributed by atoms with Crippen molar-refractivity contribution in [2.45, 2.75) is 32.6 Å². The molecule has 0 saturated carbocycles. The Hall–Kier alpha value is -1.51. The Balaban J connectivity index is 0.000000245. The molecule has 82 valence electrons. The van der Waals surface area contributed by atoms with E-state index in [1.54, 1.807) is 6.07 Å². The molecule has 0 unspecified atom stereocenters. The number of aryl methyl sites for hydroxylation is 1. The summed E-state index contributed by atoms with van der Waals surface area (Å²) in [5.74, 6) is -0.345. The van der Waals surface area contributed by atoms with Gasteiger partial charge in [-0.2, -0.15) is 0 Å². The Morgan fingerprint density at radius 2 is 1.87 bits per heavy atom. The van der Waals surface area contributed by atoms with Crippen LogP contribution in [0.25, 0.3) is 0 Å². The van der Waals surface area contributed by atoms with Crippen LogP contribution < -0.4 is 0 Å². The smallest absolute Gasteiger partial charge is 0.300 e. The van der Waals surface area contributed by atoms with Gasteiger partial charge >= 0.3 is 0 Å². The van der Waals surface area contributed by atoms with Crippen LogP contribution in [0.2, 0.25) is 0 Å². The number of carboxylic acids is 1. The second-order valence-corrected chi connectivity index (χ2v) is 3.64. The number of benzene rings is 1. The van der Waals surface area contributed by atoms with Gasteiger partial charge in [0, 0.05) is 6.92 Å². The zero-order valence-corrected chi connectivity index (χ0v) is 8.86. The van der Waals surface area contributed by atoms with E-state index in [0.717, 1.165) is 19.8 Å². The highest BCUT2D eigenvalue weighted by atomic mass is 16.4. The normalized spacial score (nSPS) is 13.4. The van der Waals surface area contributed by atoms with Crippen molar-refractivity contribution in [1.82, 2.24) is 0 Å². The highest BCUT2D eigenvalue weighted by molar-refractivity contribution is 5.62. The molecular weight excluding hydrogens is 192 g/mol. The number of hydrogen-bond donors (Lipinski definition) is 2. The van der Waals surface area contributed by atoms with E-state index in [-0.39, 0.29) is 0 Å². The standard InChI is InChI=1S/C10H12O.C2H4O2/c11-10-7-3-5-8-4-1-2-6-9(8)10;1-2(3)4/h3,5,7,11H,1-2,4,6H2;1H3,(H,3,4). The average Bonchev–Trinajstić information content (AvgIpc) is 2.18. The molecule has 1 aliphatic rings. The topological polar surface area (TPSA) is 57.5 Å². The lowest BCUT2D eigenvalue weighted by molar-refractivity contribution is -0.134. The van der Waals surface area contributed by atoms with Crippen LogP contribution in [0.3, 0.4) is 0 Å². The van der Waals surface area contributed by atoms with Crippen LogP contribution in [-0.2, 0) is 17.6 Å². The molecular formula is C12H16O3. The van der Waals surface area contributed by atoms with Crippen molar-refractivity contribution in [2.24, 2.45) is 0 Å². The number of rotatable bonds is 0. The van der Waals surface area contributed by atoms with Crippen molar-refractivity contribution >= 4 is 5.97 Å². The highest BCUT2D eigenvalue weighted by Crippen LogP contribution is 2.27. The molecule has 0 aliphatic heterocycles. The van der Waals surface area contributed by atoms with Gasteiger partial charge in [0.1, 0.15) is 5.75 Å². The number of aliphatic carboxylic acids is 1. The van der Waals surface area contributed by atoms with Crippen molar-refractivity contribution in [3.63, 3.8) is 0 Å². The van der Waals surface area contributed by atoms with E-state index in [4.69, 9.17) is 9.90 Å². The molecule has 3 nitrogen and oxygen atoms in total. The number of carbonyl (C=O) groups is 1. The third-order valence-electron chi connectivity index (χ3n) is 2.37. The van der Waals surface area contributed by atoms with Crippen LogP contribution in [-0.4, -0.2) is 16.2 Å². The minimum Gasteiger partial charge on any atom is -0.508 e.